The molecular weight excluding hydrogens is 306 g/mol. The largest absolute Gasteiger partial charge is 0.508 e. The molecule has 0 atom stereocenters. The van der Waals surface area contributed by atoms with Gasteiger partial charge in [-0.3, -0.25) is 5.10 Å². The summed E-state index contributed by atoms with van der Waals surface area (Å²) in [7, 11) is 0. The first-order valence-electron chi connectivity index (χ1n) is 7.28. The quantitative estimate of drug-likeness (QED) is 0.424. The number of phenolic OH excluding ortho intramolecular Hbond substituents is 3. The van der Waals surface area contributed by atoms with Crippen LogP contribution in [-0.4, -0.2) is 30.5 Å². The zero-order valence-corrected chi connectivity index (χ0v) is 12.4. The monoisotopic (exact) mass is 319 g/mol. The third kappa shape index (κ3) is 2.30. The van der Waals surface area contributed by atoms with Gasteiger partial charge in [-0.25, -0.2) is 4.98 Å². The number of benzene rings is 2. The van der Waals surface area contributed by atoms with Crippen LogP contribution in [0.5, 0.6) is 17.2 Å². The highest BCUT2D eigenvalue weighted by Crippen LogP contribution is 2.33. The van der Waals surface area contributed by atoms with Crippen LogP contribution in [0, 0.1) is 0 Å². The van der Waals surface area contributed by atoms with Crippen LogP contribution in [0.1, 0.15) is 0 Å². The predicted molar refractivity (Wildman–Crippen MR) is 89.8 cm³/mol. The second-order valence-corrected chi connectivity index (χ2v) is 5.44. The van der Waals surface area contributed by atoms with Gasteiger partial charge in [0, 0.05) is 22.7 Å². The van der Waals surface area contributed by atoms with Crippen LogP contribution >= 0.6 is 0 Å². The van der Waals surface area contributed by atoms with E-state index in [1.54, 1.807) is 36.5 Å². The lowest BCUT2D eigenvalue weighted by Crippen LogP contribution is -1.83. The number of hydrogen-bond donors (Lipinski definition) is 4. The highest BCUT2D eigenvalue weighted by Gasteiger charge is 2.11. The Kier molecular flexibility index (Phi) is 3.09. The van der Waals surface area contributed by atoms with Gasteiger partial charge in [0.15, 0.2) is 17.1 Å². The lowest BCUT2D eigenvalue weighted by atomic mass is 10.0. The number of aromatic hydroxyl groups is 3. The molecule has 2 heterocycles. The van der Waals surface area contributed by atoms with Crippen molar-refractivity contribution in [1.29, 1.82) is 0 Å². The number of H-pyrrole nitrogens is 1. The van der Waals surface area contributed by atoms with E-state index in [1.165, 1.54) is 12.1 Å². The van der Waals surface area contributed by atoms with E-state index in [2.05, 4.69) is 15.2 Å². The normalized spacial score (nSPS) is 11.0. The molecule has 0 fully saturated rings. The summed E-state index contributed by atoms with van der Waals surface area (Å²) >= 11 is 0. The maximum atomic E-state index is 9.68. The molecule has 0 bridgehead atoms. The first-order valence-corrected chi connectivity index (χ1v) is 7.28. The van der Waals surface area contributed by atoms with Crippen molar-refractivity contribution in [2.75, 3.05) is 0 Å². The molecule has 4 aromatic rings. The summed E-state index contributed by atoms with van der Waals surface area (Å²) in [5.74, 6) is -0.152. The molecule has 118 valence electrons. The van der Waals surface area contributed by atoms with Crippen LogP contribution < -0.4 is 0 Å². The first kappa shape index (κ1) is 14.1. The second kappa shape index (κ2) is 5.27. The Hall–Kier alpha value is -3.54. The van der Waals surface area contributed by atoms with Crippen LogP contribution in [0.15, 0.2) is 54.7 Å². The molecule has 0 saturated heterocycles. The minimum Gasteiger partial charge on any atom is -0.508 e. The van der Waals surface area contributed by atoms with Gasteiger partial charge in [0.1, 0.15) is 5.75 Å². The van der Waals surface area contributed by atoms with E-state index in [0.29, 0.717) is 5.65 Å². The van der Waals surface area contributed by atoms with Crippen molar-refractivity contribution in [3.05, 3.63) is 54.7 Å². The second-order valence-electron chi connectivity index (χ2n) is 5.44. The SMILES string of the molecule is Oc1ccc(-c2[nH]nc3ncc(-c4ccc(O)c(O)c4)cc23)cc1. The number of nitrogens with one attached hydrogen (secondary N) is 1. The number of aromatic nitrogens is 3. The van der Waals surface area contributed by atoms with Crippen molar-refractivity contribution in [2.45, 2.75) is 0 Å². The minimum absolute atomic E-state index is 0.166. The number of rotatable bonds is 2. The fraction of sp³-hybridized carbons (Fsp3) is 0. The molecule has 2 aromatic carbocycles. The van der Waals surface area contributed by atoms with Crippen LogP contribution in [0.25, 0.3) is 33.4 Å². The fourth-order valence-corrected chi connectivity index (χ4v) is 2.61. The highest BCUT2D eigenvalue weighted by atomic mass is 16.3. The Balaban J connectivity index is 1.86. The zero-order valence-electron chi connectivity index (χ0n) is 12.4. The van der Waals surface area contributed by atoms with Crippen molar-refractivity contribution in [3.8, 4) is 39.6 Å². The molecule has 4 rings (SSSR count). The topological polar surface area (TPSA) is 102 Å². The average Bonchev–Trinajstić information content (AvgIpc) is 3.01. The molecule has 0 aliphatic heterocycles. The summed E-state index contributed by atoms with van der Waals surface area (Å²) in [5, 5.41) is 36.5. The zero-order chi connectivity index (χ0) is 16.7. The van der Waals surface area contributed by atoms with Gasteiger partial charge in [0.05, 0.1) is 5.69 Å². The molecular formula is C18H13N3O3. The van der Waals surface area contributed by atoms with E-state index in [9.17, 15) is 15.3 Å². The summed E-state index contributed by atoms with van der Waals surface area (Å²) in [6.07, 6.45) is 1.66. The molecule has 0 aliphatic carbocycles. The molecule has 2 aromatic heterocycles. The molecule has 24 heavy (non-hydrogen) atoms. The number of phenols is 3. The van der Waals surface area contributed by atoms with Crippen LogP contribution in [-0.2, 0) is 0 Å². The standard InChI is InChI=1S/C18H13N3O3/c22-13-4-1-10(2-5-13)17-14-7-12(9-19-18(14)21-20-17)11-3-6-15(23)16(24)8-11/h1-9,22-24H,(H,19,20,21). The maximum absolute atomic E-state index is 9.68. The molecule has 0 unspecified atom stereocenters. The van der Waals surface area contributed by atoms with Gasteiger partial charge in [0.25, 0.3) is 0 Å². The Labute approximate surface area is 136 Å². The summed E-state index contributed by atoms with van der Waals surface area (Å²) in [5.41, 5.74) is 3.77. The predicted octanol–water partition coefficient (Wildman–Crippen LogP) is 3.41. The number of fused-ring (bicyclic) bond motifs is 1. The van der Waals surface area contributed by atoms with Gasteiger partial charge < -0.3 is 15.3 Å². The van der Waals surface area contributed by atoms with Crippen molar-refractivity contribution >= 4 is 11.0 Å². The number of aromatic amines is 1. The van der Waals surface area contributed by atoms with Crippen molar-refractivity contribution in [3.63, 3.8) is 0 Å². The Morgan fingerprint density at radius 3 is 2.25 bits per heavy atom. The van der Waals surface area contributed by atoms with Crippen molar-refractivity contribution < 1.29 is 15.3 Å². The lowest BCUT2D eigenvalue weighted by Gasteiger charge is -2.04. The first-order chi connectivity index (χ1) is 11.6. The van der Waals surface area contributed by atoms with Crippen LogP contribution in [0.3, 0.4) is 0 Å². The lowest BCUT2D eigenvalue weighted by molar-refractivity contribution is 0.404. The summed E-state index contributed by atoms with van der Waals surface area (Å²) in [6.45, 7) is 0. The summed E-state index contributed by atoms with van der Waals surface area (Å²) in [6, 6.07) is 13.3. The summed E-state index contributed by atoms with van der Waals surface area (Å²) < 4.78 is 0. The van der Waals surface area contributed by atoms with Gasteiger partial charge in [-0.05, 0) is 48.0 Å². The van der Waals surface area contributed by atoms with Gasteiger partial charge in [-0.15, -0.1) is 0 Å². The molecule has 0 saturated carbocycles. The van der Waals surface area contributed by atoms with E-state index in [-0.39, 0.29) is 17.2 Å². The van der Waals surface area contributed by atoms with Gasteiger partial charge >= 0.3 is 0 Å². The highest BCUT2D eigenvalue weighted by molar-refractivity contribution is 5.93. The fourth-order valence-electron chi connectivity index (χ4n) is 2.61. The molecule has 0 aliphatic rings. The van der Waals surface area contributed by atoms with Crippen molar-refractivity contribution in [2.24, 2.45) is 0 Å². The smallest absolute Gasteiger partial charge is 0.181 e. The van der Waals surface area contributed by atoms with E-state index in [0.717, 1.165) is 27.8 Å². The van der Waals surface area contributed by atoms with E-state index >= 15 is 0 Å². The van der Waals surface area contributed by atoms with Gasteiger partial charge in [0.2, 0.25) is 0 Å². The third-order valence-corrected chi connectivity index (χ3v) is 3.87. The van der Waals surface area contributed by atoms with Gasteiger partial charge in [-0.2, -0.15) is 5.10 Å². The maximum Gasteiger partial charge on any atom is 0.181 e. The van der Waals surface area contributed by atoms with Gasteiger partial charge in [-0.1, -0.05) is 6.07 Å². The molecule has 0 radical (unpaired) electrons. The Bertz CT molecular complexity index is 1040. The number of nitrogens with zero attached hydrogens (tertiary/aromatic N) is 2. The van der Waals surface area contributed by atoms with Crippen LogP contribution in [0.2, 0.25) is 0 Å². The Morgan fingerprint density at radius 2 is 1.50 bits per heavy atom. The molecule has 6 nitrogen and oxygen atoms in total. The Morgan fingerprint density at radius 1 is 0.750 bits per heavy atom. The summed E-state index contributed by atoms with van der Waals surface area (Å²) in [4.78, 5) is 4.34. The molecule has 6 heteroatoms. The van der Waals surface area contributed by atoms with E-state index in [4.69, 9.17) is 0 Å². The molecule has 0 spiro atoms. The minimum atomic E-state index is -0.182. The number of hydrogen-bond acceptors (Lipinski definition) is 5. The molecule has 0 amide bonds. The van der Waals surface area contributed by atoms with Crippen molar-refractivity contribution in [1.82, 2.24) is 15.2 Å². The van der Waals surface area contributed by atoms with E-state index < -0.39 is 0 Å². The molecule has 4 N–H and O–H groups in total. The van der Waals surface area contributed by atoms with Crippen LogP contribution in [0.4, 0.5) is 0 Å². The van der Waals surface area contributed by atoms with E-state index in [1.807, 2.05) is 6.07 Å². The average molecular weight is 319 g/mol. The third-order valence-electron chi connectivity index (χ3n) is 3.87. The number of pyridine rings is 1.